The van der Waals surface area contributed by atoms with E-state index in [4.69, 9.17) is 0 Å². The molecule has 0 aliphatic heterocycles. The van der Waals surface area contributed by atoms with Gasteiger partial charge in [-0.05, 0) is 99.3 Å². The summed E-state index contributed by atoms with van der Waals surface area (Å²) in [5.41, 5.74) is 14.0. The second-order valence-electron chi connectivity index (χ2n) is 13.7. The Morgan fingerprint density at radius 1 is 0.315 bits per heavy atom. The van der Waals surface area contributed by atoms with E-state index in [1.807, 2.05) is 0 Å². The molecule has 0 saturated heterocycles. The van der Waals surface area contributed by atoms with Gasteiger partial charge in [0.1, 0.15) is 0 Å². The van der Waals surface area contributed by atoms with E-state index in [-0.39, 0.29) is 0 Å². The van der Waals surface area contributed by atoms with Crippen molar-refractivity contribution in [2.75, 3.05) is 4.90 Å². The van der Waals surface area contributed by atoms with Gasteiger partial charge in [0.2, 0.25) is 0 Å². The van der Waals surface area contributed by atoms with E-state index < -0.39 is 0 Å². The smallest absolute Gasteiger partial charge is 0.0547 e. The van der Waals surface area contributed by atoms with Gasteiger partial charge >= 0.3 is 0 Å². The standard InChI is InChI=1S/C52H36N2/c1-4-19-40(20-5-1)53(41-21-6-2-7-22-41)50-29-14-12-26-46(50)45-33-31-38(44-28-16-18-37-17-10-11-25-43(37)44)35-49(45)39-32-34-48-47-27-13-15-30-51(47)54(52(48)36-39)42-23-8-3-9-24-42/h1-36H. The highest BCUT2D eigenvalue weighted by Crippen LogP contribution is 2.46. The first kappa shape index (κ1) is 31.6. The van der Waals surface area contributed by atoms with Crippen molar-refractivity contribution in [1.82, 2.24) is 4.57 Å². The molecule has 10 aromatic rings. The summed E-state index contributed by atoms with van der Waals surface area (Å²) in [7, 11) is 0. The average molecular weight is 689 g/mol. The number of benzene rings is 9. The Kier molecular flexibility index (Phi) is 7.85. The van der Waals surface area contributed by atoms with Crippen LogP contribution >= 0.6 is 0 Å². The fraction of sp³-hybridized carbons (Fsp3) is 0. The van der Waals surface area contributed by atoms with Crippen LogP contribution in [0.1, 0.15) is 0 Å². The minimum atomic E-state index is 1.11. The van der Waals surface area contributed by atoms with Gasteiger partial charge in [0.25, 0.3) is 0 Å². The van der Waals surface area contributed by atoms with Gasteiger partial charge in [-0.1, -0.05) is 158 Å². The van der Waals surface area contributed by atoms with Gasteiger partial charge in [-0.3, -0.25) is 0 Å². The molecule has 254 valence electrons. The van der Waals surface area contributed by atoms with Crippen LogP contribution in [-0.4, -0.2) is 4.57 Å². The molecule has 0 spiro atoms. The van der Waals surface area contributed by atoms with Crippen LogP contribution in [0.2, 0.25) is 0 Å². The molecule has 10 rings (SSSR count). The summed E-state index contributed by atoms with van der Waals surface area (Å²) in [6.45, 7) is 0. The number of hydrogen-bond acceptors (Lipinski definition) is 1. The summed E-state index contributed by atoms with van der Waals surface area (Å²) < 4.78 is 2.41. The van der Waals surface area contributed by atoms with Gasteiger partial charge in [-0.25, -0.2) is 0 Å². The Bertz CT molecular complexity index is 2880. The van der Waals surface area contributed by atoms with Crippen molar-refractivity contribution in [1.29, 1.82) is 0 Å². The van der Waals surface area contributed by atoms with Crippen LogP contribution in [0.4, 0.5) is 17.1 Å². The number of hydrogen-bond donors (Lipinski definition) is 0. The third kappa shape index (κ3) is 5.44. The number of aromatic nitrogens is 1. The number of nitrogens with zero attached hydrogens (tertiary/aromatic N) is 2. The van der Waals surface area contributed by atoms with Crippen LogP contribution in [0.15, 0.2) is 218 Å². The first-order chi connectivity index (χ1) is 26.8. The van der Waals surface area contributed by atoms with E-state index in [9.17, 15) is 0 Å². The van der Waals surface area contributed by atoms with Crippen LogP contribution < -0.4 is 4.90 Å². The lowest BCUT2D eigenvalue weighted by Crippen LogP contribution is -2.11. The maximum Gasteiger partial charge on any atom is 0.0547 e. The Labute approximate surface area is 315 Å². The first-order valence-corrected chi connectivity index (χ1v) is 18.5. The van der Waals surface area contributed by atoms with Crippen LogP contribution in [0.3, 0.4) is 0 Å². The molecule has 0 atom stereocenters. The lowest BCUT2D eigenvalue weighted by molar-refractivity contribution is 1.18. The Morgan fingerprint density at radius 2 is 0.870 bits per heavy atom. The number of fused-ring (bicyclic) bond motifs is 4. The van der Waals surface area contributed by atoms with E-state index in [2.05, 4.69) is 228 Å². The van der Waals surface area contributed by atoms with Crippen molar-refractivity contribution in [2.45, 2.75) is 0 Å². The molecule has 2 heteroatoms. The zero-order valence-electron chi connectivity index (χ0n) is 29.7. The number of anilines is 3. The topological polar surface area (TPSA) is 8.17 Å². The highest BCUT2D eigenvalue weighted by atomic mass is 15.1. The van der Waals surface area contributed by atoms with Crippen molar-refractivity contribution in [3.05, 3.63) is 218 Å². The minimum absolute atomic E-state index is 1.11. The number of para-hydroxylation sites is 5. The van der Waals surface area contributed by atoms with Gasteiger partial charge in [-0.2, -0.15) is 0 Å². The SMILES string of the molecule is c1ccc(N(c2ccccc2)c2ccccc2-c2ccc(-c3cccc4ccccc34)cc2-c2ccc3c4ccccc4n(-c4ccccc4)c3c2)cc1. The highest BCUT2D eigenvalue weighted by molar-refractivity contribution is 6.11. The Morgan fingerprint density at radius 3 is 1.65 bits per heavy atom. The zero-order valence-corrected chi connectivity index (χ0v) is 29.7. The van der Waals surface area contributed by atoms with Crippen LogP contribution in [-0.2, 0) is 0 Å². The Hall–Kier alpha value is -7.16. The normalized spacial score (nSPS) is 11.3. The maximum absolute atomic E-state index is 2.41. The van der Waals surface area contributed by atoms with E-state index in [1.165, 1.54) is 60.4 Å². The van der Waals surface area contributed by atoms with E-state index in [0.717, 1.165) is 28.3 Å². The van der Waals surface area contributed by atoms with Crippen molar-refractivity contribution >= 4 is 49.6 Å². The van der Waals surface area contributed by atoms with Crippen molar-refractivity contribution in [2.24, 2.45) is 0 Å². The molecule has 0 radical (unpaired) electrons. The monoisotopic (exact) mass is 688 g/mol. The molecular weight excluding hydrogens is 653 g/mol. The van der Waals surface area contributed by atoms with Gasteiger partial charge in [-0.15, -0.1) is 0 Å². The van der Waals surface area contributed by atoms with Gasteiger partial charge < -0.3 is 9.47 Å². The molecule has 0 aliphatic rings. The third-order valence-corrected chi connectivity index (χ3v) is 10.6. The van der Waals surface area contributed by atoms with Crippen LogP contribution in [0.5, 0.6) is 0 Å². The van der Waals surface area contributed by atoms with Gasteiger partial charge in [0, 0.05) is 33.4 Å². The average Bonchev–Trinajstić information content (AvgIpc) is 3.58. The maximum atomic E-state index is 2.41. The summed E-state index contributed by atoms with van der Waals surface area (Å²) >= 11 is 0. The molecule has 54 heavy (non-hydrogen) atoms. The first-order valence-electron chi connectivity index (χ1n) is 18.5. The molecule has 9 aromatic carbocycles. The largest absolute Gasteiger partial charge is 0.310 e. The molecule has 1 aromatic heterocycles. The zero-order chi connectivity index (χ0) is 35.8. The molecule has 1 heterocycles. The fourth-order valence-electron chi connectivity index (χ4n) is 8.13. The quantitative estimate of drug-likeness (QED) is 0.162. The lowest BCUT2D eigenvalue weighted by atomic mass is 9.88. The molecule has 0 N–H and O–H groups in total. The highest BCUT2D eigenvalue weighted by Gasteiger charge is 2.21. The van der Waals surface area contributed by atoms with Crippen molar-refractivity contribution < 1.29 is 0 Å². The predicted octanol–water partition coefficient (Wildman–Crippen LogP) is 14.4. The van der Waals surface area contributed by atoms with E-state index >= 15 is 0 Å². The summed E-state index contributed by atoms with van der Waals surface area (Å²) in [5, 5.41) is 4.98. The van der Waals surface area contributed by atoms with Crippen molar-refractivity contribution in [3.63, 3.8) is 0 Å². The molecule has 2 nitrogen and oxygen atoms in total. The Balaban J connectivity index is 1.25. The van der Waals surface area contributed by atoms with Crippen LogP contribution in [0, 0.1) is 0 Å². The molecule has 0 fully saturated rings. The molecule has 0 amide bonds. The van der Waals surface area contributed by atoms with Crippen molar-refractivity contribution in [3.8, 4) is 39.1 Å². The third-order valence-electron chi connectivity index (χ3n) is 10.6. The molecule has 0 aliphatic carbocycles. The lowest BCUT2D eigenvalue weighted by Gasteiger charge is -2.28. The second-order valence-corrected chi connectivity index (χ2v) is 13.7. The van der Waals surface area contributed by atoms with E-state index in [0.29, 0.717) is 0 Å². The summed E-state index contributed by atoms with van der Waals surface area (Å²) in [6.07, 6.45) is 0. The molecule has 0 bridgehead atoms. The minimum Gasteiger partial charge on any atom is -0.310 e. The predicted molar refractivity (Wildman–Crippen MR) is 229 cm³/mol. The second kappa shape index (κ2) is 13.4. The summed E-state index contributed by atoms with van der Waals surface area (Å²) in [6, 6.07) is 78.9. The summed E-state index contributed by atoms with van der Waals surface area (Å²) in [4.78, 5) is 2.37. The number of rotatable bonds is 7. The fourth-order valence-corrected chi connectivity index (χ4v) is 8.13. The molecule has 0 saturated carbocycles. The van der Waals surface area contributed by atoms with Gasteiger partial charge in [0.15, 0.2) is 0 Å². The van der Waals surface area contributed by atoms with E-state index in [1.54, 1.807) is 0 Å². The molecule has 0 unspecified atom stereocenters. The van der Waals surface area contributed by atoms with Crippen LogP contribution in [0.25, 0.3) is 71.6 Å². The molecular formula is C52H36N2. The van der Waals surface area contributed by atoms with Gasteiger partial charge in [0.05, 0.1) is 16.7 Å². The summed E-state index contributed by atoms with van der Waals surface area (Å²) in [5.74, 6) is 0.